The topological polar surface area (TPSA) is 64.4 Å². The van der Waals surface area contributed by atoms with Crippen LogP contribution in [0.4, 0.5) is 0 Å². The molecule has 0 aromatic heterocycles. The van der Waals surface area contributed by atoms with Gasteiger partial charge >= 0.3 is 0 Å². The fourth-order valence-corrected chi connectivity index (χ4v) is 1.88. The summed E-state index contributed by atoms with van der Waals surface area (Å²) < 4.78 is 5.50. The molecule has 0 spiro atoms. The zero-order valence-electron chi connectivity index (χ0n) is 9.32. The number of ether oxygens (including phenoxy) is 1. The van der Waals surface area contributed by atoms with Crippen LogP contribution in [0.2, 0.25) is 0 Å². The predicted molar refractivity (Wildman–Crippen MR) is 61.3 cm³/mol. The highest BCUT2D eigenvalue weighted by atomic mass is 16.5. The molecule has 0 aliphatic carbocycles. The van der Waals surface area contributed by atoms with E-state index in [2.05, 4.69) is 5.32 Å². The number of carbonyl (C=O) groups excluding carboxylic acids is 1. The van der Waals surface area contributed by atoms with Crippen molar-refractivity contribution in [1.29, 1.82) is 0 Å². The van der Waals surface area contributed by atoms with Crippen LogP contribution in [0.25, 0.3) is 0 Å². The maximum absolute atomic E-state index is 11.4. The molecule has 86 valence electrons. The van der Waals surface area contributed by atoms with Crippen molar-refractivity contribution in [2.75, 3.05) is 13.7 Å². The Morgan fingerprint density at radius 1 is 1.56 bits per heavy atom. The number of nitrogens with one attached hydrogen (secondary N) is 1. The van der Waals surface area contributed by atoms with E-state index in [0.717, 1.165) is 36.3 Å². The Balaban J connectivity index is 2.26. The first-order valence-corrected chi connectivity index (χ1v) is 5.45. The fourth-order valence-electron chi connectivity index (χ4n) is 1.88. The summed E-state index contributed by atoms with van der Waals surface area (Å²) in [6.45, 7) is 0.772. The van der Waals surface area contributed by atoms with Gasteiger partial charge in [0.15, 0.2) is 0 Å². The number of nitrogens with two attached hydrogens (primary N) is 1. The minimum absolute atomic E-state index is 0.170. The van der Waals surface area contributed by atoms with Crippen LogP contribution in [0.5, 0.6) is 5.75 Å². The average molecular weight is 220 g/mol. The maximum atomic E-state index is 11.4. The highest BCUT2D eigenvalue weighted by Crippen LogP contribution is 2.27. The van der Waals surface area contributed by atoms with E-state index >= 15 is 0 Å². The molecule has 0 radical (unpaired) electrons. The number of amides is 1. The second-order valence-corrected chi connectivity index (χ2v) is 3.91. The molecule has 1 amide bonds. The highest BCUT2D eigenvalue weighted by molar-refractivity contribution is 5.82. The number of carbonyl (C=O) groups is 1. The van der Waals surface area contributed by atoms with Gasteiger partial charge < -0.3 is 15.8 Å². The summed E-state index contributed by atoms with van der Waals surface area (Å²) in [7, 11) is 1.59. The second kappa shape index (κ2) is 4.53. The number of hydrogen-bond donors (Lipinski definition) is 2. The van der Waals surface area contributed by atoms with Crippen molar-refractivity contribution < 1.29 is 9.53 Å². The Morgan fingerprint density at radius 3 is 3.12 bits per heavy atom. The number of likely N-dealkylation sites (N-methyl/N-ethyl adjacent to an activating group) is 1. The summed E-state index contributed by atoms with van der Waals surface area (Å²) in [6.07, 6.45) is 2.01. The molecule has 1 heterocycles. The van der Waals surface area contributed by atoms with Crippen molar-refractivity contribution in [3.63, 3.8) is 0 Å². The van der Waals surface area contributed by atoms with Gasteiger partial charge in [0.05, 0.1) is 6.61 Å². The Bertz CT molecular complexity index is 404. The molecule has 1 aromatic carbocycles. The summed E-state index contributed by atoms with van der Waals surface area (Å²) in [4.78, 5) is 11.4. The summed E-state index contributed by atoms with van der Waals surface area (Å²) in [5.41, 5.74) is 7.81. The summed E-state index contributed by atoms with van der Waals surface area (Å²) >= 11 is 0. The third kappa shape index (κ3) is 2.02. The molecule has 4 heteroatoms. The monoisotopic (exact) mass is 220 g/mol. The predicted octanol–water partition coefficient (Wildman–Crippen LogP) is 0.757. The van der Waals surface area contributed by atoms with Crippen LogP contribution in [0.3, 0.4) is 0 Å². The number of rotatable bonds is 2. The summed E-state index contributed by atoms with van der Waals surface area (Å²) in [5.74, 6) is 0.746. The second-order valence-electron chi connectivity index (χ2n) is 3.91. The molecular formula is C12H16N2O2. The quantitative estimate of drug-likeness (QED) is 0.773. The van der Waals surface area contributed by atoms with Gasteiger partial charge in [-0.15, -0.1) is 0 Å². The lowest BCUT2D eigenvalue weighted by Gasteiger charge is -2.19. The molecule has 2 rings (SSSR count). The van der Waals surface area contributed by atoms with E-state index in [1.54, 1.807) is 7.05 Å². The number of benzene rings is 1. The molecule has 1 unspecified atom stereocenters. The van der Waals surface area contributed by atoms with Gasteiger partial charge in [-0.3, -0.25) is 4.79 Å². The van der Waals surface area contributed by atoms with Gasteiger partial charge in [0, 0.05) is 7.05 Å². The lowest BCUT2D eigenvalue weighted by atomic mass is 9.99. The number of fused-ring (bicyclic) bond motifs is 1. The van der Waals surface area contributed by atoms with Crippen LogP contribution < -0.4 is 15.8 Å². The Labute approximate surface area is 94.8 Å². The number of hydrogen-bond acceptors (Lipinski definition) is 3. The molecule has 1 atom stereocenters. The minimum Gasteiger partial charge on any atom is -0.493 e. The van der Waals surface area contributed by atoms with E-state index in [1.807, 2.05) is 18.2 Å². The minimum atomic E-state index is -0.600. The molecule has 4 nitrogen and oxygen atoms in total. The lowest BCUT2D eigenvalue weighted by molar-refractivity contribution is -0.121. The molecule has 1 aliphatic heterocycles. The van der Waals surface area contributed by atoms with Gasteiger partial charge in [-0.2, -0.15) is 0 Å². The van der Waals surface area contributed by atoms with Crippen LogP contribution in [0.15, 0.2) is 18.2 Å². The fraction of sp³-hybridized carbons (Fsp3) is 0.417. The standard InChI is InChI=1S/C12H16N2O2/c1-14-12(15)11(13)9-4-5-10-8(7-9)3-2-6-16-10/h4-5,7,11H,2-3,6,13H2,1H3,(H,14,15). The van der Waals surface area contributed by atoms with Crippen molar-refractivity contribution in [3.05, 3.63) is 29.3 Å². The van der Waals surface area contributed by atoms with Crippen molar-refractivity contribution in [1.82, 2.24) is 5.32 Å². The highest BCUT2D eigenvalue weighted by Gasteiger charge is 2.17. The lowest BCUT2D eigenvalue weighted by Crippen LogP contribution is -2.31. The molecule has 0 bridgehead atoms. The first-order chi connectivity index (χ1) is 7.72. The summed E-state index contributed by atoms with van der Waals surface area (Å²) in [5, 5.41) is 2.55. The molecule has 16 heavy (non-hydrogen) atoms. The van der Waals surface area contributed by atoms with E-state index < -0.39 is 6.04 Å². The normalized spacial score (nSPS) is 15.9. The largest absolute Gasteiger partial charge is 0.493 e. The number of aryl methyl sites for hydroxylation is 1. The van der Waals surface area contributed by atoms with Gasteiger partial charge in [0.2, 0.25) is 5.91 Å². The van der Waals surface area contributed by atoms with Crippen LogP contribution in [0.1, 0.15) is 23.6 Å². The van der Waals surface area contributed by atoms with Crippen LogP contribution in [-0.4, -0.2) is 19.6 Å². The molecule has 1 aromatic rings. The zero-order valence-corrected chi connectivity index (χ0v) is 9.32. The zero-order chi connectivity index (χ0) is 11.5. The van der Waals surface area contributed by atoms with Crippen molar-refractivity contribution in [2.45, 2.75) is 18.9 Å². The van der Waals surface area contributed by atoms with Crippen LogP contribution in [-0.2, 0) is 11.2 Å². The molecule has 0 saturated carbocycles. The first kappa shape index (κ1) is 11.0. The maximum Gasteiger partial charge on any atom is 0.241 e. The van der Waals surface area contributed by atoms with Crippen LogP contribution in [0, 0.1) is 0 Å². The van der Waals surface area contributed by atoms with Crippen LogP contribution >= 0.6 is 0 Å². The smallest absolute Gasteiger partial charge is 0.241 e. The van der Waals surface area contributed by atoms with Gasteiger partial charge in [-0.1, -0.05) is 12.1 Å². The van der Waals surface area contributed by atoms with E-state index in [1.165, 1.54) is 0 Å². The first-order valence-electron chi connectivity index (χ1n) is 5.45. The third-order valence-corrected chi connectivity index (χ3v) is 2.82. The van der Waals surface area contributed by atoms with Gasteiger partial charge in [-0.05, 0) is 30.0 Å². The Hall–Kier alpha value is -1.55. The molecule has 0 saturated heterocycles. The Morgan fingerprint density at radius 2 is 2.38 bits per heavy atom. The van der Waals surface area contributed by atoms with E-state index in [-0.39, 0.29) is 5.91 Å². The molecule has 3 N–H and O–H groups in total. The van der Waals surface area contributed by atoms with Crippen molar-refractivity contribution in [3.8, 4) is 5.75 Å². The molecule has 1 aliphatic rings. The Kier molecular flexibility index (Phi) is 3.10. The molecular weight excluding hydrogens is 204 g/mol. The van der Waals surface area contributed by atoms with E-state index in [0.29, 0.717) is 0 Å². The van der Waals surface area contributed by atoms with E-state index in [9.17, 15) is 4.79 Å². The van der Waals surface area contributed by atoms with Gasteiger partial charge in [-0.25, -0.2) is 0 Å². The average Bonchev–Trinajstić information content (AvgIpc) is 2.36. The van der Waals surface area contributed by atoms with Gasteiger partial charge in [0.25, 0.3) is 0 Å². The van der Waals surface area contributed by atoms with E-state index in [4.69, 9.17) is 10.5 Å². The van der Waals surface area contributed by atoms with Gasteiger partial charge in [0.1, 0.15) is 11.8 Å². The summed E-state index contributed by atoms with van der Waals surface area (Å²) in [6, 6.07) is 5.11. The third-order valence-electron chi connectivity index (χ3n) is 2.82. The van der Waals surface area contributed by atoms with Crippen molar-refractivity contribution >= 4 is 5.91 Å². The molecule has 0 fully saturated rings. The van der Waals surface area contributed by atoms with Crippen molar-refractivity contribution in [2.24, 2.45) is 5.73 Å². The SMILES string of the molecule is CNC(=O)C(N)c1ccc2c(c1)CCCO2.